The SMILES string of the molecule is COC1=CC2=C(c3ccccc3)C=C1C2.COc1ccccc1. The molecule has 2 nitrogen and oxygen atoms in total. The zero-order chi connectivity index (χ0) is 16.1. The summed E-state index contributed by atoms with van der Waals surface area (Å²) in [7, 11) is 3.39. The predicted octanol–water partition coefficient (Wildman–Crippen LogP) is 5.01. The number of benzene rings is 2. The molecule has 0 aromatic heterocycles. The maximum atomic E-state index is 5.29. The van der Waals surface area contributed by atoms with E-state index < -0.39 is 0 Å². The molecule has 0 fully saturated rings. The summed E-state index contributed by atoms with van der Waals surface area (Å²) in [6.45, 7) is 0. The minimum atomic E-state index is 0.910. The van der Waals surface area contributed by atoms with Gasteiger partial charge in [0.25, 0.3) is 0 Å². The quantitative estimate of drug-likeness (QED) is 0.793. The summed E-state index contributed by atoms with van der Waals surface area (Å²) in [5.41, 5.74) is 5.35. The van der Waals surface area contributed by atoms with Gasteiger partial charge < -0.3 is 9.47 Å². The lowest BCUT2D eigenvalue weighted by Gasteiger charge is -2.06. The molecule has 0 radical (unpaired) electrons. The van der Waals surface area contributed by atoms with Gasteiger partial charge in [0.1, 0.15) is 11.5 Å². The second-order valence-corrected chi connectivity index (χ2v) is 5.38. The van der Waals surface area contributed by atoms with Crippen LogP contribution >= 0.6 is 0 Å². The van der Waals surface area contributed by atoms with Crippen molar-refractivity contribution in [2.75, 3.05) is 14.2 Å². The Hall–Kier alpha value is -2.74. The monoisotopic (exact) mass is 304 g/mol. The molecule has 0 spiro atoms. The molecular weight excluding hydrogens is 284 g/mol. The number of ether oxygens (including phenoxy) is 2. The molecule has 2 aliphatic carbocycles. The summed E-state index contributed by atoms with van der Waals surface area (Å²) < 4.78 is 10.2. The Morgan fingerprint density at radius 2 is 1.39 bits per heavy atom. The lowest BCUT2D eigenvalue weighted by molar-refractivity contribution is 0.302. The minimum Gasteiger partial charge on any atom is -0.497 e. The van der Waals surface area contributed by atoms with Gasteiger partial charge in [0.15, 0.2) is 0 Å². The summed E-state index contributed by atoms with van der Waals surface area (Å²) in [4.78, 5) is 0. The van der Waals surface area contributed by atoms with Crippen LogP contribution in [0, 0.1) is 0 Å². The van der Waals surface area contributed by atoms with E-state index in [-0.39, 0.29) is 0 Å². The highest BCUT2D eigenvalue weighted by atomic mass is 16.5. The van der Waals surface area contributed by atoms with E-state index in [2.05, 4.69) is 36.4 Å². The fourth-order valence-corrected chi connectivity index (χ4v) is 2.79. The van der Waals surface area contributed by atoms with E-state index in [1.807, 2.05) is 36.4 Å². The first-order chi connectivity index (χ1) is 11.3. The standard InChI is InChI=1S/C14H12O.C7H8O/c1-15-14-9-11-7-12(14)8-13(11)10-5-3-2-4-6-10;1-8-7-5-3-2-4-6-7/h2-6,8-9H,7H2,1H3;2-6H,1H3. The van der Waals surface area contributed by atoms with Crippen LogP contribution in [0.2, 0.25) is 0 Å². The van der Waals surface area contributed by atoms with Gasteiger partial charge in [0, 0.05) is 6.42 Å². The maximum Gasteiger partial charge on any atom is 0.122 e. The lowest BCUT2D eigenvalue weighted by Crippen LogP contribution is -1.88. The average Bonchev–Trinajstić information content (AvgIpc) is 3.24. The zero-order valence-electron chi connectivity index (χ0n) is 13.5. The summed E-state index contributed by atoms with van der Waals surface area (Å²) >= 11 is 0. The van der Waals surface area contributed by atoms with Gasteiger partial charge in [-0.05, 0) is 46.6 Å². The molecule has 0 atom stereocenters. The molecule has 2 aromatic carbocycles. The third kappa shape index (κ3) is 3.37. The molecule has 2 heteroatoms. The van der Waals surface area contributed by atoms with Gasteiger partial charge in [-0.3, -0.25) is 0 Å². The summed E-state index contributed by atoms with van der Waals surface area (Å²) in [6, 6.07) is 20.2. The van der Waals surface area contributed by atoms with E-state index in [9.17, 15) is 0 Å². The fraction of sp³-hybridized carbons (Fsp3) is 0.143. The fourth-order valence-electron chi connectivity index (χ4n) is 2.79. The highest BCUT2D eigenvalue weighted by molar-refractivity contribution is 5.86. The number of methoxy groups -OCH3 is 2. The van der Waals surface area contributed by atoms with E-state index in [0.717, 1.165) is 17.9 Å². The van der Waals surface area contributed by atoms with Crippen LogP contribution in [0.4, 0.5) is 0 Å². The van der Waals surface area contributed by atoms with Crippen LogP contribution in [-0.2, 0) is 4.74 Å². The van der Waals surface area contributed by atoms with Crippen LogP contribution in [0.1, 0.15) is 12.0 Å². The van der Waals surface area contributed by atoms with Gasteiger partial charge in [0.05, 0.1) is 14.2 Å². The normalized spacial score (nSPS) is 14.7. The first-order valence-corrected chi connectivity index (χ1v) is 7.66. The largest absolute Gasteiger partial charge is 0.497 e. The highest BCUT2D eigenvalue weighted by Gasteiger charge is 2.25. The van der Waals surface area contributed by atoms with Crippen LogP contribution in [0.3, 0.4) is 0 Å². The molecule has 0 amide bonds. The molecule has 0 unspecified atom stereocenters. The van der Waals surface area contributed by atoms with Crippen molar-refractivity contribution in [3.05, 3.63) is 95.3 Å². The Labute approximate surface area is 137 Å². The van der Waals surface area contributed by atoms with E-state index in [0.29, 0.717) is 0 Å². The summed E-state index contributed by atoms with van der Waals surface area (Å²) in [5.74, 6) is 1.94. The van der Waals surface area contributed by atoms with Gasteiger partial charge in [0.2, 0.25) is 0 Å². The van der Waals surface area contributed by atoms with Gasteiger partial charge in [-0.1, -0.05) is 48.5 Å². The van der Waals surface area contributed by atoms with Crippen molar-refractivity contribution in [1.82, 2.24) is 0 Å². The smallest absolute Gasteiger partial charge is 0.122 e. The van der Waals surface area contributed by atoms with Crippen molar-refractivity contribution in [1.29, 1.82) is 0 Å². The lowest BCUT2D eigenvalue weighted by atomic mass is 10.0. The Kier molecular flexibility index (Phi) is 4.62. The van der Waals surface area contributed by atoms with Crippen LogP contribution in [0.5, 0.6) is 5.75 Å². The molecule has 0 heterocycles. The van der Waals surface area contributed by atoms with E-state index in [1.54, 1.807) is 14.2 Å². The zero-order valence-corrected chi connectivity index (χ0v) is 13.5. The van der Waals surface area contributed by atoms with E-state index in [1.165, 1.54) is 22.3 Å². The second kappa shape index (κ2) is 7.01. The Balaban J connectivity index is 0.000000166. The second-order valence-electron chi connectivity index (χ2n) is 5.38. The van der Waals surface area contributed by atoms with E-state index >= 15 is 0 Å². The Morgan fingerprint density at radius 3 is 1.87 bits per heavy atom. The molecule has 23 heavy (non-hydrogen) atoms. The Morgan fingerprint density at radius 1 is 0.739 bits per heavy atom. The highest BCUT2D eigenvalue weighted by Crippen LogP contribution is 2.42. The molecule has 4 rings (SSSR count). The molecule has 2 bridgehead atoms. The van der Waals surface area contributed by atoms with Crippen molar-refractivity contribution < 1.29 is 9.47 Å². The molecule has 0 saturated heterocycles. The predicted molar refractivity (Wildman–Crippen MR) is 94.1 cm³/mol. The molecule has 0 saturated carbocycles. The average molecular weight is 304 g/mol. The molecular formula is C21H20O2. The summed E-state index contributed by atoms with van der Waals surface area (Å²) in [6.07, 6.45) is 5.43. The number of para-hydroxylation sites is 1. The van der Waals surface area contributed by atoms with Crippen LogP contribution < -0.4 is 4.74 Å². The minimum absolute atomic E-state index is 0.910. The van der Waals surface area contributed by atoms with Crippen molar-refractivity contribution in [2.24, 2.45) is 0 Å². The molecule has 116 valence electrons. The first-order valence-electron chi connectivity index (χ1n) is 7.66. The van der Waals surface area contributed by atoms with Gasteiger partial charge >= 0.3 is 0 Å². The summed E-state index contributed by atoms with van der Waals surface area (Å²) in [5, 5.41) is 0. The third-order valence-electron chi connectivity index (χ3n) is 3.95. The van der Waals surface area contributed by atoms with Crippen LogP contribution in [0.15, 0.2) is 89.7 Å². The number of hydrogen-bond acceptors (Lipinski definition) is 2. The van der Waals surface area contributed by atoms with Gasteiger partial charge in [-0.25, -0.2) is 0 Å². The number of fused-ring (bicyclic) bond motifs is 2. The van der Waals surface area contributed by atoms with Crippen molar-refractivity contribution in [3.8, 4) is 5.75 Å². The van der Waals surface area contributed by atoms with Crippen molar-refractivity contribution in [3.63, 3.8) is 0 Å². The van der Waals surface area contributed by atoms with Gasteiger partial charge in [-0.2, -0.15) is 0 Å². The number of rotatable bonds is 3. The van der Waals surface area contributed by atoms with Crippen molar-refractivity contribution >= 4 is 5.57 Å². The topological polar surface area (TPSA) is 18.5 Å². The number of allylic oxidation sites excluding steroid dienone is 5. The number of hydrogen-bond donors (Lipinski definition) is 0. The Bertz CT molecular complexity index is 753. The van der Waals surface area contributed by atoms with Crippen LogP contribution in [-0.4, -0.2) is 14.2 Å². The third-order valence-corrected chi connectivity index (χ3v) is 3.95. The maximum absolute atomic E-state index is 5.29. The van der Waals surface area contributed by atoms with E-state index in [4.69, 9.17) is 9.47 Å². The molecule has 2 aliphatic rings. The molecule has 0 aliphatic heterocycles. The van der Waals surface area contributed by atoms with Gasteiger partial charge in [-0.15, -0.1) is 0 Å². The molecule has 0 N–H and O–H groups in total. The first kappa shape index (κ1) is 15.2. The molecule has 2 aromatic rings. The van der Waals surface area contributed by atoms with Crippen LogP contribution in [0.25, 0.3) is 5.57 Å². The van der Waals surface area contributed by atoms with Crippen molar-refractivity contribution in [2.45, 2.75) is 6.42 Å².